The molecule has 5 nitrogen and oxygen atoms in total. The van der Waals surface area contributed by atoms with E-state index < -0.39 is 5.97 Å². The van der Waals surface area contributed by atoms with Crippen molar-refractivity contribution in [2.75, 3.05) is 19.6 Å². The van der Waals surface area contributed by atoms with Crippen molar-refractivity contribution in [3.63, 3.8) is 0 Å². The monoisotopic (exact) mass is 284 g/mol. The fraction of sp³-hybridized carbons (Fsp3) is 0.867. The molecule has 1 unspecified atom stereocenters. The van der Waals surface area contributed by atoms with Gasteiger partial charge in [0.05, 0.1) is 0 Å². The third-order valence-corrected chi connectivity index (χ3v) is 4.35. The van der Waals surface area contributed by atoms with E-state index in [1.54, 1.807) is 0 Å². The Balaban J connectivity index is 2.31. The van der Waals surface area contributed by atoms with Crippen LogP contribution in [-0.4, -0.2) is 41.6 Å². The van der Waals surface area contributed by atoms with Crippen molar-refractivity contribution >= 4 is 12.0 Å². The van der Waals surface area contributed by atoms with Crippen LogP contribution in [0.1, 0.15) is 46.5 Å². The Labute approximate surface area is 121 Å². The number of rotatable bonds is 6. The number of carboxylic acid groups (broad SMARTS) is 1. The van der Waals surface area contributed by atoms with E-state index in [9.17, 15) is 9.59 Å². The summed E-state index contributed by atoms with van der Waals surface area (Å²) >= 11 is 0. The fourth-order valence-corrected chi connectivity index (χ4v) is 2.72. The highest BCUT2D eigenvalue weighted by Gasteiger charge is 2.24. The molecular formula is C15H28N2O3. The lowest BCUT2D eigenvalue weighted by Gasteiger charge is -2.34. The topological polar surface area (TPSA) is 69.6 Å². The zero-order valence-corrected chi connectivity index (χ0v) is 12.9. The highest BCUT2D eigenvalue weighted by Crippen LogP contribution is 2.24. The summed E-state index contributed by atoms with van der Waals surface area (Å²) in [5.41, 5.74) is 0. The van der Waals surface area contributed by atoms with Crippen LogP contribution in [0.2, 0.25) is 0 Å². The molecule has 1 aliphatic rings. The molecular weight excluding hydrogens is 256 g/mol. The van der Waals surface area contributed by atoms with Crippen molar-refractivity contribution in [2.45, 2.75) is 46.5 Å². The van der Waals surface area contributed by atoms with Gasteiger partial charge in [-0.15, -0.1) is 0 Å². The predicted octanol–water partition coefficient (Wildman–Crippen LogP) is 2.56. The van der Waals surface area contributed by atoms with Gasteiger partial charge in [-0.3, -0.25) is 4.79 Å². The second-order valence-electron chi connectivity index (χ2n) is 6.13. The van der Waals surface area contributed by atoms with Crippen molar-refractivity contribution < 1.29 is 14.7 Å². The number of hydrogen-bond donors (Lipinski definition) is 2. The van der Waals surface area contributed by atoms with Crippen molar-refractivity contribution in [3.8, 4) is 0 Å². The Bertz CT molecular complexity index is 323. The second-order valence-corrected chi connectivity index (χ2v) is 6.13. The van der Waals surface area contributed by atoms with Gasteiger partial charge in [-0.2, -0.15) is 0 Å². The van der Waals surface area contributed by atoms with Gasteiger partial charge < -0.3 is 15.3 Å². The maximum Gasteiger partial charge on any atom is 0.317 e. The third kappa shape index (κ3) is 5.39. The van der Waals surface area contributed by atoms with Gasteiger partial charge in [0.2, 0.25) is 0 Å². The van der Waals surface area contributed by atoms with E-state index in [2.05, 4.69) is 19.2 Å². The smallest absolute Gasteiger partial charge is 0.317 e. The molecule has 0 aromatic carbocycles. The third-order valence-electron chi connectivity index (χ3n) is 4.35. The number of nitrogens with zero attached hydrogens (tertiary/aromatic N) is 1. The average molecular weight is 284 g/mol. The maximum atomic E-state index is 12.0. The number of aliphatic carboxylic acids is 1. The SMILES string of the molecule is CCC(CNC(=O)N1CCC(C(C)C)CC1)CC(=O)O. The van der Waals surface area contributed by atoms with Crippen LogP contribution < -0.4 is 5.32 Å². The van der Waals surface area contributed by atoms with E-state index in [1.807, 2.05) is 11.8 Å². The van der Waals surface area contributed by atoms with E-state index in [-0.39, 0.29) is 18.4 Å². The predicted molar refractivity (Wildman–Crippen MR) is 78.6 cm³/mol. The Hall–Kier alpha value is -1.26. The molecule has 1 fully saturated rings. The number of carbonyl (C=O) groups is 2. The van der Waals surface area contributed by atoms with Crippen LogP contribution in [0.25, 0.3) is 0 Å². The minimum Gasteiger partial charge on any atom is -0.481 e. The minimum atomic E-state index is -0.802. The Morgan fingerprint density at radius 3 is 2.35 bits per heavy atom. The van der Waals surface area contributed by atoms with Gasteiger partial charge in [-0.1, -0.05) is 27.2 Å². The van der Waals surface area contributed by atoms with Gasteiger partial charge >= 0.3 is 12.0 Å². The summed E-state index contributed by atoms with van der Waals surface area (Å²) in [6.07, 6.45) is 3.02. The van der Waals surface area contributed by atoms with Crippen LogP contribution in [0.4, 0.5) is 4.79 Å². The lowest BCUT2D eigenvalue weighted by Crippen LogP contribution is -2.46. The number of likely N-dealkylation sites (tertiary alicyclic amines) is 1. The fourth-order valence-electron chi connectivity index (χ4n) is 2.72. The first-order valence-electron chi connectivity index (χ1n) is 7.68. The zero-order chi connectivity index (χ0) is 15.1. The van der Waals surface area contributed by atoms with Crippen LogP contribution in [0.3, 0.4) is 0 Å². The number of nitrogens with one attached hydrogen (secondary N) is 1. The Morgan fingerprint density at radius 2 is 1.90 bits per heavy atom. The number of hydrogen-bond acceptors (Lipinski definition) is 2. The van der Waals surface area contributed by atoms with E-state index in [4.69, 9.17) is 5.11 Å². The summed E-state index contributed by atoms with van der Waals surface area (Å²) in [6.45, 7) is 8.49. The van der Waals surface area contributed by atoms with Gasteiger partial charge in [0.1, 0.15) is 0 Å². The van der Waals surface area contributed by atoms with E-state index >= 15 is 0 Å². The molecule has 20 heavy (non-hydrogen) atoms. The molecule has 0 aromatic heterocycles. The van der Waals surface area contributed by atoms with Crippen molar-refractivity contribution in [2.24, 2.45) is 17.8 Å². The summed E-state index contributed by atoms with van der Waals surface area (Å²) in [7, 11) is 0. The molecule has 5 heteroatoms. The highest BCUT2D eigenvalue weighted by molar-refractivity contribution is 5.74. The molecule has 2 N–H and O–H groups in total. The molecule has 2 amide bonds. The highest BCUT2D eigenvalue weighted by atomic mass is 16.4. The summed E-state index contributed by atoms with van der Waals surface area (Å²) in [4.78, 5) is 24.6. The summed E-state index contributed by atoms with van der Waals surface area (Å²) in [5.74, 6) is 0.614. The molecule has 1 rings (SSSR count). The first-order chi connectivity index (χ1) is 9.43. The lowest BCUT2D eigenvalue weighted by molar-refractivity contribution is -0.138. The Morgan fingerprint density at radius 1 is 1.30 bits per heavy atom. The van der Waals surface area contributed by atoms with Gasteiger partial charge in [0.15, 0.2) is 0 Å². The number of amides is 2. The van der Waals surface area contributed by atoms with E-state index in [0.29, 0.717) is 12.5 Å². The largest absolute Gasteiger partial charge is 0.481 e. The summed E-state index contributed by atoms with van der Waals surface area (Å²) in [6, 6.07) is -0.0453. The standard InChI is InChI=1S/C15H28N2O3/c1-4-12(9-14(18)19)10-16-15(20)17-7-5-13(6-8-17)11(2)3/h11-13H,4-10H2,1-3H3,(H,16,20)(H,18,19). The molecule has 1 heterocycles. The van der Waals surface area contributed by atoms with Crippen LogP contribution in [-0.2, 0) is 4.79 Å². The molecule has 1 saturated heterocycles. The maximum absolute atomic E-state index is 12.0. The van der Waals surface area contributed by atoms with Gasteiger partial charge in [0, 0.05) is 26.1 Å². The van der Waals surface area contributed by atoms with Crippen molar-refractivity contribution in [1.29, 1.82) is 0 Å². The zero-order valence-electron chi connectivity index (χ0n) is 12.9. The van der Waals surface area contributed by atoms with E-state index in [1.165, 1.54) is 0 Å². The van der Waals surface area contributed by atoms with Crippen molar-refractivity contribution in [1.82, 2.24) is 10.2 Å². The molecule has 1 aliphatic heterocycles. The first-order valence-corrected chi connectivity index (χ1v) is 7.68. The molecule has 0 spiro atoms. The normalized spacial score (nSPS) is 18.1. The molecule has 0 aliphatic carbocycles. The average Bonchev–Trinajstić information content (AvgIpc) is 2.42. The number of carboxylic acids is 1. The number of piperidine rings is 1. The summed E-state index contributed by atoms with van der Waals surface area (Å²) < 4.78 is 0. The Kier molecular flexibility index (Phi) is 6.82. The summed E-state index contributed by atoms with van der Waals surface area (Å²) in [5, 5.41) is 11.7. The molecule has 1 atom stereocenters. The first kappa shape index (κ1) is 16.8. The second kappa shape index (κ2) is 8.12. The molecule has 0 saturated carbocycles. The van der Waals surface area contributed by atoms with Crippen LogP contribution in [0.15, 0.2) is 0 Å². The molecule has 116 valence electrons. The molecule has 0 aromatic rings. The van der Waals surface area contributed by atoms with Gasteiger partial charge in [-0.05, 0) is 30.6 Å². The van der Waals surface area contributed by atoms with Gasteiger partial charge in [0.25, 0.3) is 0 Å². The number of carbonyl (C=O) groups excluding carboxylic acids is 1. The van der Waals surface area contributed by atoms with Crippen molar-refractivity contribution in [3.05, 3.63) is 0 Å². The van der Waals surface area contributed by atoms with Crippen LogP contribution in [0.5, 0.6) is 0 Å². The lowest BCUT2D eigenvalue weighted by atomic mass is 9.87. The molecule has 0 bridgehead atoms. The minimum absolute atomic E-state index is 0.0182. The molecule has 0 radical (unpaired) electrons. The van der Waals surface area contributed by atoms with Gasteiger partial charge in [-0.25, -0.2) is 4.79 Å². The number of urea groups is 1. The quantitative estimate of drug-likeness (QED) is 0.787. The van der Waals surface area contributed by atoms with E-state index in [0.717, 1.165) is 38.3 Å². The van der Waals surface area contributed by atoms with Crippen LogP contribution >= 0.6 is 0 Å². The van der Waals surface area contributed by atoms with Crippen LogP contribution in [0, 0.1) is 17.8 Å².